The van der Waals surface area contributed by atoms with Crippen molar-refractivity contribution in [2.24, 2.45) is 0 Å². The zero-order valence-electron chi connectivity index (χ0n) is 14.0. The molecule has 1 aliphatic heterocycles. The molecule has 1 aliphatic rings. The van der Waals surface area contributed by atoms with E-state index in [1.807, 2.05) is 32.0 Å². The van der Waals surface area contributed by atoms with Crippen molar-refractivity contribution in [3.63, 3.8) is 0 Å². The largest absolute Gasteiger partial charge is 0.302 e. The van der Waals surface area contributed by atoms with Crippen molar-refractivity contribution in [3.05, 3.63) is 28.6 Å². The Morgan fingerprint density at radius 3 is 2.75 bits per heavy atom. The first-order valence-electron chi connectivity index (χ1n) is 7.54. The molecule has 1 aromatic carbocycles. The maximum atomic E-state index is 12.0. The molecule has 0 bridgehead atoms. The number of aryl methyl sites for hydroxylation is 1. The third-order valence-electron chi connectivity index (χ3n) is 3.94. The Balaban J connectivity index is 2.01. The van der Waals surface area contributed by atoms with Crippen LogP contribution in [0.4, 0.5) is 10.8 Å². The summed E-state index contributed by atoms with van der Waals surface area (Å²) in [4.78, 5) is 16.7. The fourth-order valence-electron chi connectivity index (χ4n) is 3.12. The molecule has 2 heterocycles. The van der Waals surface area contributed by atoms with Gasteiger partial charge in [-0.05, 0) is 38.0 Å². The molecule has 0 radical (unpaired) electrons. The van der Waals surface area contributed by atoms with Crippen LogP contribution in [-0.2, 0) is 21.2 Å². The van der Waals surface area contributed by atoms with Gasteiger partial charge in [-0.15, -0.1) is 11.3 Å². The van der Waals surface area contributed by atoms with E-state index in [2.05, 4.69) is 10.3 Å². The molecule has 0 aliphatic carbocycles. The number of benzene rings is 1. The molecule has 0 fully saturated rings. The van der Waals surface area contributed by atoms with Crippen molar-refractivity contribution in [1.29, 1.82) is 0 Å². The van der Waals surface area contributed by atoms with E-state index in [0.29, 0.717) is 11.6 Å². The fraction of sp³-hybridized carbons (Fsp3) is 0.375. The van der Waals surface area contributed by atoms with E-state index in [9.17, 15) is 13.2 Å². The van der Waals surface area contributed by atoms with Gasteiger partial charge >= 0.3 is 0 Å². The lowest BCUT2D eigenvalue weighted by molar-refractivity contribution is -0.114. The monoisotopic (exact) mass is 365 g/mol. The van der Waals surface area contributed by atoms with Gasteiger partial charge in [-0.1, -0.05) is 6.07 Å². The molecule has 8 heteroatoms. The van der Waals surface area contributed by atoms with Crippen molar-refractivity contribution >= 4 is 38.1 Å². The second kappa shape index (κ2) is 5.86. The summed E-state index contributed by atoms with van der Waals surface area (Å²) in [5.74, 6) is -0.151. The third-order valence-corrected chi connectivity index (χ3v) is 6.10. The number of anilines is 2. The number of carbonyl (C=O) groups excluding carboxylic acids is 1. The maximum absolute atomic E-state index is 12.0. The number of thiazole rings is 1. The Morgan fingerprint density at radius 1 is 1.42 bits per heavy atom. The highest BCUT2D eigenvalue weighted by Gasteiger charge is 2.32. The molecule has 3 rings (SSSR count). The SMILES string of the molecule is CC(=O)Nc1nc(-c2ccc3c(c2)C[C@H](C)N3S(C)(=O)=O)c(C)s1. The summed E-state index contributed by atoms with van der Waals surface area (Å²) in [6.45, 7) is 5.31. The quantitative estimate of drug-likeness (QED) is 0.907. The van der Waals surface area contributed by atoms with Gasteiger partial charge in [0.2, 0.25) is 15.9 Å². The minimum Gasteiger partial charge on any atom is -0.302 e. The highest BCUT2D eigenvalue weighted by molar-refractivity contribution is 7.92. The number of hydrogen-bond acceptors (Lipinski definition) is 5. The third kappa shape index (κ3) is 3.03. The normalized spacial score (nSPS) is 17.0. The molecule has 0 unspecified atom stereocenters. The van der Waals surface area contributed by atoms with E-state index in [1.165, 1.54) is 28.8 Å². The zero-order chi connectivity index (χ0) is 17.6. The van der Waals surface area contributed by atoms with E-state index in [0.717, 1.165) is 27.4 Å². The number of amides is 1. The standard InChI is InChI=1S/C16H19N3O3S2/c1-9-7-13-8-12(5-6-14(13)19(9)24(4,21)22)15-10(2)23-16(18-15)17-11(3)20/h5-6,8-9H,7H2,1-4H3,(H,17,18,20)/t9-/m0/s1. The molecular weight excluding hydrogens is 346 g/mol. The zero-order valence-corrected chi connectivity index (χ0v) is 15.6. The summed E-state index contributed by atoms with van der Waals surface area (Å²) in [5.41, 5.74) is 3.49. The van der Waals surface area contributed by atoms with Gasteiger partial charge in [-0.25, -0.2) is 13.4 Å². The number of hydrogen-bond donors (Lipinski definition) is 1. The summed E-state index contributed by atoms with van der Waals surface area (Å²) < 4.78 is 25.5. The van der Waals surface area contributed by atoms with Crippen LogP contribution in [0.3, 0.4) is 0 Å². The molecule has 1 aromatic heterocycles. The van der Waals surface area contributed by atoms with Crippen molar-refractivity contribution in [1.82, 2.24) is 4.98 Å². The van der Waals surface area contributed by atoms with E-state index in [-0.39, 0.29) is 11.9 Å². The molecule has 0 spiro atoms. The summed E-state index contributed by atoms with van der Waals surface area (Å²) in [7, 11) is -3.29. The van der Waals surface area contributed by atoms with Crippen LogP contribution >= 0.6 is 11.3 Å². The smallest absolute Gasteiger partial charge is 0.232 e. The summed E-state index contributed by atoms with van der Waals surface area (Å²) in [6, 6.07) is 5.63. The molecule has 1 atom stereocenters. The molecule has 128 valence electrons. The van der Waals surface area contributed by atoms with Crippen molar-refractivity contribution in [3.8, 4) is 11.3 Å². The fourth-order valence-corrected chi connectivity index (χ4v) is 5.27. The summed E-state index contributed by atoms with van der Waals surface area (Å²) in [6.07, 6.45) is 1.91. The number of aromatic nitrogens is 1. The molecule has 1 amide bonds. The molecule has 24 heavy (non-hydrogen) atoms. The van der Waals surface area contributed by atoms with Gasteiger partial charge in [-0.2, -0.15) is 0 Å². The van der Waals surface area contributed by atoms with Crippen LogP contribution < -0.4 is 9.62 Å². The second-order valence-electron chi connectivity index (χ2n) is 6.06. The lowest BCUT2D eigenvalue weighted by Crippen LogP contribution is -2.34. The summed E-state index contributed by atoms with van der Waals surface area (Å²) >= 11 is 1.43. The van der Waals surface area contributed by atoms with Crippen LogP contribution in [0.1, 0.15) is 24.3 Å². The van der Waals surface area contributed by atoms with Crippen LogP contribution in [-0.4, -0.2) is 31.6 Å². The Bertz CT molecular complexity index is 919. The highest BCUT2D eigenvalue weighted by atomic mass is 32.2. The topological polar surface area (TPSA) is 79.4 Å². The predicted molar refractivity (Wildman–Crippen MR) is 97.1 cm³/mol. The van der Waals surface area contributed by atoms with Gasteiger partial charge in [0.05, 0.1) is 17.6 Å². The Labute approximate surface area is 145 Å². The van der Waals surface area contributed by atoms with E-state index in [1.54, 1.807) is 0 Å². The molecule has 0 saturated carbocycles. The van der Waals surface area contributed by atoms with Crippen LogP contribution in [0.15, 0.2) is 18.2 Å². The minimum atomic E-state index is -3.29. The van der Waals surface area contributed by atoms with Gasteiger partial charge < -0.3 is 5.32 Å². The molecule has 0 saturated heterocycles. The van der Waals surface area contributed by atoms with Crippen molar-refractivity contribution in [2.75, 3.05) is 15.9 Å². The first kappa shape index (κ1) is 16.9. The Kier molecular flexibility index (Phi) is 4.13. The van der Waals surface area contributed by atoms with Gasteiger partial charge in [0, 0.05) is 23.4 Å². The average molecular weight is 365 g/mol. The van der Waals surface area contributed by atoms with E-state index >= 15 is 0 Å². The van der Waals surface area contributed by atoms with Crippen LogP contribution in [0.25, 0.3) is 11.3 Å². The Morgan fingerprint density at radius 2 is 2.12 bits per heavy atom. The van der Waals surface area contributed by atoms with Gasteiger partial charge in [0.25, 0.3) is 0 Å². The first-order chi connectivity index (χ1) is 11.2. The van der Waals surface area contributed by atoms with Crippen molar-refractivity contribution in [2.45, 2.75) is 33.2 Å². The second-order valence-corrected chi connectivity index (χ2v) is 9.12. The molecule has 1 N–H and O–H groups in total. The van der Waals surface area contributed by atoms with Gasteiger partial charge in [0.15, 0.2) is 5.13 Å². The van der Waals surface area contributed by atoms with Crippen LogP contribution in [0, 0.1) is 6.92 Å². The van der Waals surface area contributed by atoms with Gasteiger partial charge in [0.1, 0.15) is 0 Å². The number of rotatable bonds is 3. The van der Waals surface area contributed by atoms with Gasteiger partial charge in [-0.3, -0.25) is 9.10 Å². The lowest BCUT2D eigenvalue weighted by Gasteiger charge is -2.21. The molecule has 2 aromatic rings. The molecule has 6 nitrogen and oxygen atoms in total. The Hall–Kier alpha value is -1.93. The van der Waals surface area contributed by atoms with Crippen LogP contribution in [0.5, 0.6) is 0 Å². The number of fused-ring (bicyclic) bond motifs is 1. The number of carbonyl (C=O) groups is 1. The lowest BCUT2D eigenvalue weighted by atomic mass is 10.0. The number of sulfonamides is 1. The van der Waals surface area contributed by atoms with Crippen LogP contribution in [0.2, 0.25) is 0 Å². The maximum Gasteiger partial charge on any atom is 0.232 e. The molecular formula is C16H19N3O3S2. The highest BCUT2D eigenvalue weighted by Crippen LogP contribution is 2.38. The van der Waals surface area contributed by atoms with Crippen molar-refractivity contribution < 1.29 is 13.2 Å². The van der Waals surface area contributed by atoms with E-state index < -0.39 is 10.0 Å². The average Bonchev–Trinajstić information content (AvgIpc) is 2.95. The number of nitrogens with zero attached hydrogens (tertiary/aromatic N) is 2. The predicted octanol–water partition coefficient (Wildman–Crippen LogP) is 2.79. The minimum absolute atomic E-state index is 0.0864. The first-order valence-corrected chi connectivity index (χ1v) is 10.2. The van der Waals surface area contributed by atoms with E-state index in [4.69, 9.17) is 0 Å². The number of nitrogens with one attached hydrogen (secondary N) is 1. The summed E-state index contributed by atoms with van der Waals surface area (Å²) in [5, 5.41) is 3.27.